The number of benzene rings is 2. The number of ether oxygens (including phenoxy) is 1. The lowest BCUT2D eigenvalue weighted by molar-refractivity contribution is 0.0734. The van der Waals surface area contributed by atoms with Gasteiger partial charge in [0, 0.05) is 18.0 Å². The van der Waals surface area contributed by atoms with Gasteiger partial charge in [-0.05, 0) is 67.0 Å². The third-order valence-electron chi connectivity index (χ3n) is 7.69. The fraction of sp³-hybridized carbons (Fsp3) is 0.455. The molecule has 1 aliphatic rings. The van der Waals surface area contributed by atoms with E-state index < -0.39 is 5.97 Å². The molecule has 5 nitrogen and oxygen atoms in total. The number of nitrogens with zero attached hydrogens (tertiary/aromatic N) is 3. The molecule has 5 heteroatoms. The van der Waals surface area contributed by atoms with Crippen LogP contribution in [0.2, 0.25) is 0 Å². The van der Waals surface area contributed by atoms with Crippen LogP contribution in [0.25, 0.3) is 11.4 Å². The van der Waals surface area contributed by atoms with Crippen LogP contribution in [0, 0.1) is 17.2 Å². The first kappa shape index (κ1) is 27.5. The molecule has 0 spiro atoms. The van der Waals surface area contributed by atoms with E-state index >= 15 is 0 Å². The second-order valence-electron chi connectivity index (χ2n) is 10.6. The number of aryl methyl sites for hydroxylation is 1. The molecule has 2 atom stereocenters. The minimum absolute atomic E-state index is 0.375. The quantitative estimate of drug-likeness (QED) is 0.124. The third kappa shape index (κ3) is 6.86. The lowest BCUT2D eigenvalue weighted by Gasteiger charge is -2.11. The van der Waals surface area contributed by atoms with Gasteiger partial charge in [-0.25, -0.2) is 14.8 Å². The van der Waals surface area contributed by atoms with Crippen molar-refractivity contribution in [1.82, 2.24) is 9.97 Å². The number of hydrogen-bond donors (Lipinski definition) is 0. The summed E-state index contributed by atoms with van der Waals surface area (Å²) in [6.07, 6.45) is 16.6. The van der Waals surface area contributed by atoms with E-state index in [4.69, 9.17) is 4.74 Å². The van der Waals surface area contributed by atoms with E-state index in [1.807, 2.05) is 36.7 Å². The Morgan fingerprint density at radius 1 is 0.921 bits per heavy atom. The molecule has 0 aliphatic heterocycles. The van der Waals surface area contributed by atoms with E-state index in [9.17, 15) is 10.1 Å². The SMILES string of the molecule is CCCCCCc1cnc(-c2ccc(C(=O)Oc3ccc([C@]4(C#N)C[C@@H]4CCCCCC)cc3)cc2)nc1. The predicted octanol–water partition coefficient (Wildman–Crippen LogP) is 8.24. The largest absolute Gasteiger partial charge is 0.423 e. The Bertz CT molecular complexity index is 1210. The molecule has 3 aromatic rings. The second-order valence-corrected chi connectivity index (χ2v) is 10.6. The fourth-order valence-corrected chi connectivity index (χ4v) is 5.18. The van der Waals surface area contributed by atoms with Gasteiger partial charge in [0.25, 0.3) is 0 Å². The summed E-state index contributed by atoms with van der Waals surface area (Å²) >= 11 is 0. The number of carbonyl (C=O) groups excluding carboxylic acids is 1. The summed E-state index contributed by atoms with van der Waals surface area (Å²) in [6.45, 7) is 4.43. The number of carbonyl (C=O) groups is 1. The summed E-state index contributed by atoms with van der Waals surface area (Å²) in [4.78, 5) is 21.7. The summed E-state index contributed by atoms with van der Waals surface area (Å²) in [5, 5.41) is 9.87. The van der Waals surface area contributed by atoms with Crippen molar-refractivity contribution in [3.8, 4) is 23.2 Å². The summed E-state index contributed by atoms with van der Waals surface area (Å²) in [5.74, 6) is 1.15. The van der Waals surface area contributed by atoms with Crippen molar-refractivity contribution in [1.29, 1.82) is 5.26 Å². The van der Waals surface area contributed by atoms with Crippen LogP contribution >= 0.6 is 0 Å². The molecule has 0 radical (unpaired) electrons. The Kier molecular flexibility index (Phi) is 9.65. The molecule has 0 bridgehead atoms. The van der Waals surface area contributed by atoms with Gasteiger partial charge >= 0.3 is 5.97 Å². The van der Waals surface area contributed by atoms with Crippen molar-refractivity contribution in [2.24, 2.45) is 5.92 Å². The molecule has 0 amide bonds. The maximum Gasteiger partial charge on any atom is 0.343 e. The standard InChI is InChI=1S/C33H39N3O2/c1-3-5-7-9-11-25-22-35-31(36-23-25)26-13-15-27(16-14-26)32(37)38-30-19-17-28(18-20-30)33(24-34)21-29(33)12-10-8-6-4-2/h13-20,22-23,29H,3-12,21H2,1-2H3/t29-,33+/m0/s1. The van der Waals surface area contributed by atoms with Crippen LogP contribution in [0.15, 0.2) is 60.9 Å². The van der Waals surface area contributed by atoms with Crippen LogP contribution in [-0.2, 0) is 11.8 Å². The van der Waals surface area contributed by atoms with Gasteiger partial charge in [0.2, 0.25) is 0 Å². The van der Waals surface area contributed by atoms with Gasteiger partial charge in [0.1, 0.15) is 5.75 Å². The van der Waals surface area contributed by atoms with Crippen LogP contribution in [0.5, 0.6) is 5.75 Å². The molecular weight excluding hydrogens is 470 g/mol. The van der Waals surface area contributed by atoms with E-state index in [1.165, 1.54) is 44.9 Å². The smallest absolute Gasteiger partial charge is 0.343 e. The third-order valence-corrected chi connectivity index (χ3v) is 7.69. The molecule has 4 rings (SSSR count). The molecule has 0 N–H and O–H groups in total. The zero-order chi connectivity index (χ0) is 26.8. The Hall–Kier alpha value is -3.52. The van der Waals surface area contributed by atoms with Crippen molar-refractivity contribution in [3.05, 3.63) is 77.6 Å². The molecule has 0 unspecified atom stereocenters. The number of unbranched alkanes of at least 4 members (excludes halogenated alkanes) is 6. The summed E-state index contributed by atoms with van der Waals surface area (Å²) in [5.41, 5.74) is 3.13. The van der Waals surface area contributed by atoms with E-state index in [2.05, 4.69) is 29.9 Å². The Balaban J connectivity index is 1.30. The predicted molar refractivity (Wildman–Crippen MR) is 151 cm³/mol. The van der Waals surface area contributed by atoms with Crippen LogP contribution in [0.1, 0.15) is 99.5 Å². The van der Waals surface area contributed by atoms with Gasteiger partial charge in [-0.2, -0.15) is 5.26 Å². The van der Waals surface area contributed by atoms with Gasteiger partial charge < -0.3 is 4.74 Å². The van der Waals surface area contributed by atoms with Crippen LogP contribution < -0.4 is 4.74 Å². The highest BCUT2D eigenvalue weighted by atomic mass is 16.5. The monoisotopic (exact) mass is 509 g/mol. The number of hydrogen-bond acceptors (Lipinski definition) is 5. The molecule has 2 aromatic carbocycles. The van der Waals surface area contributed by atoms with E-state index in [1.54, 1.807) is 24.3 Å². The average molecular weight is 510 g/mol. The van der Waals surface area contributed by atoms with Gasteiger partial charge in [-0.3, -0.25) is 0 Å². The lowest BCUT2D eigenvalue weighted by Crippen LogP contribution is -2.10. The van der Waals surface area contributed by atoms with Crippen LogP contribution in [-0.4, -0.2) is 15.9 Å². The summed E-state index contributed by atoms with van der Waals surface area (Å²) in [7, 11) is 0. The number of nitriles is 1. The molecule has 1 fully saturated rings. The highest BCUT2D eigenvalue weighted by Crippen LogP contribution is 2.56. The first-order valence-corrected chi connectivity index (χ1v) is 14.2. The highest BCUT2D eigenvalue weighted by molar-refractivity contribution is 5.91. The van der Waals surface area contributed by atoms with E-state index in [0.29, 0.717) is 23.1 Å². The van der Waals surface area contributed by atoms with E-state index in [-0.39, 0.29) is 5.41 Å². The van der Waals surface area contributed by atoms with Crippen molar-refractivity contribution in [3.63, 3.8) is 0 Å². The van der Waals surface area contributed by atoms with Gasteiger partial charge in [-0.15, -0.1) is 0 Å². The Morgan fingerprint density at radius 2 is 1.58 bits per heavy atom. The van der Waals surface area contributed by atoms with Crippen molar-refractivity contribution in [2.45, 2.75) is 89.9 Å². The molecule has 1 heterocycles. The highest BCUT2D eigenvalue weighted by Gasteiger charge is 2.55. The van der Waals surface area contributed by atoms with Crippen molar-refractivity contribution < 1.29 is 9.53 Å². The molecule has 0 saturated heterocycles. The van der Waals surface area contributed by atoms with Gasteiger partial charge in [-0.1, -0.05) is 83.1 Å². The number of esters is 1. The van der Waals surface area contributed by atoms with E-state index in [0.717, 1.165) is 42.4 Å². The molecular formula is C33H39N3O2. The average Bonchev–Trinajstić information content (AvgIpc) is 3.68. The van der Waals surface area contributed by atoms with Crippen LogP contribution in [0.3, 0.4) is 0 Å². The Labute approximate surface area is 227 Å². The topological polar surface area (TPSA) is 75.9 Å². The molecule has 1 saturated carbocycles. The molecule has 1 aliphatic carbocycles. The zero-order valence-electron chi connectivity index (χ0n) is 22.8. The van der Waals surface area contributed by atoms with Crippen molar-refractivity contribution in [2.75, 3.05) is 0 Å². The maximum absolute atomic E-state index is 12.7. The maximum atomic E-state index is 12.7. The van der Waals surface area contributed by atoms with Gasteiger partial charge in [0.05, 0.1) is 17.0 Å². The zero-order valence-corrected chi connectivity index (χ0v) is 22.8. The molecule has 1 aromatic heterocycles. The molecule has 198 valence electrons. The Morgan fingerprint density at radius 3 is 2.21 bits per heavy atom. The normalized spacial score (nSPS) is 18.1. The first-order valence-electron chi connectivity index (χ1n) is 14.2. The lowest BCUT2D eigenvalue weighted by atomic mass is 9.93. The minimum atomic E-state index is -0.414. The van der Waals surface area contributed by atoms with Gasteiger partial charge in [0.15, 0.2) is 5.82 Å². The molecule has 38 heavy (non-hydrogen) atoms. The number of rotatable bonds is 14. The number of aromatic nitrogens is 2. The summed E-state index contributed by atoms with van der Waals surface area (Å²) < 4.78 is 5.60. The van der Waals surface area contributed by atoms with Crippen LogP contribution in [0.4, 0.5) is 0 Å². The fourth-order valence-electron chi connectivity index (χ4n) is 5.18. The first-order chi connectivity index (χ1) is 18.6. The summed E-state index contributed by atoms with van der Waals surface area (Å²) in [6, 6.07) is 17.2. The van der Waals surface area contributed by atoms with Crippen molar-refractivity contribution >= 4 is 5.97 Å². The minimum Gasteiger partial charge on any atom is -0.423 e. The second kappa shape index (κ2) is 13.3.